The van der Waals surface area contributed by atoms with E-state index in [9.17, 15) is 0 Å². The molecule has 1 atom stereocenters. The van der Waals surface area contributed by atoms with Gasteiger partial charge in [-0.15, -0.1) is 0 Å². The Balaban J connectivity index is 2.52. The van der Waals surface area contributed by atoms with Crippen LogP contribution in [-0.2, 0) is 0 Å². The molecular formula is C12H18N4. The Morgan fingerprint density at radius 3 is 2.75 bits per heavy atom. The van der Waals surface area contributed by atoms with Crippen LogP contribution in [-0.4, -0.2) is 13.1 Å². The number of benzene rings is 1. The summed E-state index contributed by atoms with van der Waals surface area (Å²) in [5, 5.41) is 7.11. The van der Waals surface area contributed by atoms with Crippen molar-refractivity contribution in [2.45, 2.75) is 25.8 Å². The lowest BCUT2D eigenvalue weighted by Crippen LogP contribution is -2.21. The van der Waals surface area contributed by atoms with Crippen LogP contribution in [0.3, 0.4) is 0 Å². The van der Waals surface area contributed by atoms with Gasteiger partial charge in [-0.05, 0) is 24.1 Å². The van der Waals surface area contributed by atoms with E-state index in [1.54, 1.807) is 0 Å². The molecule has 0 spiro atoms. The fraction of sp³-hybridized carbons (Fsp3) is 0.500. The van der Waals surface area contributed by atoms with Gasteiger partial charge < -0.3 is 5.32 Å². The Morgan fingerprint density at radius 2 is 2.12 bits per heavy atom. The molecule has 1 rings (SSSR count). The van der Waals surface area contributed by atoms with Crippen LogP contribution in [0.15, 0.2) is 35.4 Å². The fourth-order valence-electron chi connectivity index (χ4n) is 1.50. The Kier molecular flexibility index (Phi) is 6.07. The quantitative estimate of drug-likeness (QED) is 0.324. The molecule has 0 saturated carbocycles. The topological polar surface area (TPSA) is 60.8 Å². The molecular weight excluding hydrogens is 200 g/mol. The highest BCUT2D eigenvalue weighted by Gasteiger charge is 2.07. The van der Waals surface area contributed by atoms with E-state index in [0.717, 1.165) is 18.5 Å². The van der Waals surface area contributed by atoms with E-state index in [0.29, 0.717) is 6.54 Å². The zero-order chi connectivity index (χ0) is 11.6. The van der Waals surface area contributed by atoms with E-state index >= 15 is 0 Å². The van der Waals surface area contributed by atoms with E-state index in [1.165, 1.54) is 6.42 Å². The second-order valence-electron chi connectivity index (χ2n) is 3.69. The number of unbranched alkanes of at least 4 members (excludes halogenated alkanes) is 1. The molecule has 86 valence electrons. The molecule has 0 aliphatic carbocycles. The Labute approximate surface area is 96.3 Å². The van der Waals surface area contributed by atoms with Crippen molar-refractivity contribution in [3.63, 3.8) is 0 Å². The summed E-state index contributed by atoms with van der Waals surface area (Å²) in [7, 11) is 0. The first-order valence-electron chi connectivity index (χ1n) is 5.68. The summed E-state index contributed by atoms with van der Waals surface area (Å²) < 4.78 is 0. The summed E-state index contributed by atoms with van der Waals surface area (Å²) in [6.07, 6.45) is 2.32. The third kappa shape index (κ3) is 4.34. The van der Waals surface area contributed by atoms with Crippen molar-refractivity contribution in [2.75, 3.05) is 13.1 Å². The maximum absolute atomic E-state index is 8.53. The molecule has 1 aromatic rings. The van der Waals surface area contributed by atoms with E-state index in [4.69, 9.17) is 5.53 Å². The van der Waals surface area contributed by atoms with Crippen LogP contribution in [0.5, 0.6) is 0 Å². The van der Waals surface area contributed by atoms with E-state index in [2.05, 4.69) is 22.3 Å². The monoisotopic (exact) mass is 218 g/mol. The highest BCUT2D eigenvalue weighted by Crippen LogP contribution is 2.16. The summed E-state index contributed by atoms with van der Waals surface area (Å²) >= 11 is 0. The van der Waals surface area contributed by atoms with Crippen LogP contribution in [0.2, 0.25) is 0 Å². The summed E-state index contributed by atoms with van der Waals surface area (Å²) in [5.41, 5.74) is 9.59. The number of rotatable bonds is 7. The fourth-order valence-corrected chi connectivity index (χ4v) is 1.50. The van der Waals surface area contributed by atoms with Gasteiger partial charge in [0, 0.05) is 11.5 Å². The highest BCUT2D eigenvalue weighted by molar-refractivity contribution is 5.19. The van der Waals surface area contributed by atoms with Crippen molar-refractivity contribution in [1.29, 1.82) is 0 Å². The minimum atomic E-state index is -0.108. The molecule has 0 fully saturated rings. The van der Waals surface area contributed by atoms with Crippen molar-refractivity contribution >= 4 is 0 Å². The first-order valence-corrected chi connectivity index (χ1v) is 5.68. The second-order valence-corrected chi connectivity index (χ2v) is 3.69. The molecule has 0 saturated heterocycles. The van der Waals surface area contributed by atoms with Crippen LogP contribution in [0.25, 0.3) is 10.4 Å². The van der Waals surface area contributed by atoms with Gasteiger partial charge in [0.2, 0.25) is 0 Å². The maximum atomic E-state index is 8.53. The third-order valence-corrected chi connectivity index (χ3v) is 2.42. The van der Waals surface area contributed by atoms with Gasteiger partial charge in [-0.25, -0.2) is 0 Å². The average Bonchev–Trinajstić information content (AvgIpc) is 2.34. The van der Waals surface area contributed by atoms with Gasteiger partial charge in [-0.2, -0.15) is 0 Å². The number of nitrogens with zero attached hydrogens (tertiary/aromatic N) is 3. The van der Waals surface area contributed by atoms with Crippen molar-refractivity contribution in [2.24, 2.45) is 5.11 Å². The predicted molar refractivity (Wildman–Crippen MR) is 66.1 cm³/mol. The molecule has 0 bridgehead atoms. The van der Waals surface area contributed by atoms with Gasteiger partial charge in [0.05, 0.1) is 6.04 Å². The average molecular weight is 218 g/mol. The van der Waals surface area contributed by atoms with Crippen LogP contribution in [0.1, 0.15) is 31.4 Å². The molecule has 1 unspecified atom stereocenters. The normalized spacial score (nSPS) is 11.8. The largest absolute Gasteiger partial charge is 0.316 e. The van der Waals surface area contributed by atoms with Crippen LogP contribution in [0.4, 0.5) is 0 Å². The van der Waals surface area contributed by atoms with Crippen molar-refractivity contribution in [1.82, 2.24) is 5.32 Å². The molecule has 0 amide bonds. The van der Waals surface area contributed by atoms with Gasteiger partial charge in [0.25, 0.3) is 0 Å². The van der Waals surface area contributed by atoms with E-state index < -0.39 is 0 Å². The molecule has 0 heterocycles. The Bertz CT molecular complexity index is 330. The smallest absolute Gasteiger partial charge is 0.0749 e. The van der Waals surface area contributed by atoms with Gasteiger partial charge in [0.15, 0.2) is 0 Å². The van der Waals surface area contributed by atoms with Gasteiger partial charge in [-0.3, -0.25) is 0 Å². The zero-order valence-electron chi connectivity index (χ0n) is 9.63. The van der Waals surface area contributed by atoms with Crippen molar-refractivity contribution in [3.8, 4) is 0 Å². The summed E-state index contributed by atoms with van der Waals surface area (Å²) in [4.78, 5) is 2.90. The van der Waals surface area contributed by atoms with E-state index in [1.807, 2.05) is 30.3 Å². The lowest BCUT2D eigenvalue weighted by Gasteiger charge is -2.12. The lowest BCUT2D eigenvalue weighted by atomic mass is 10.1. The van der Waals surface area contributed by atoms with Crippen LogP contribution in [0, 0.1) is 0 Å². The van der Waals surface area contributed by atoms with Crippen molar-refractivity contribution < 1.29 is 0 Å². The first kappa shape index (κ1) is 12.6. The standard InChI is InChI=1S/C12H18N4/c1-2-3-9-14-10-12(15-16-13)11-7-5-4-6-8-11/h4-8,12,14H,2-3,9-10H2,1H3. The molecule has 1 N–H and O–H groups in total. The summed E-state index contributed by atoms with van der Waals surface area (Å²) in [6.45, 7) is 3.83. The molecule has 0 aliphatic heterocycles. The minimum absolute atomic E-state index is 0.108. The summed E-state index contributed by atoms with van der Waals surface area (Å²) in [6, 6.07) is 9.74. The minimum Gasteiger partial charge on any atom is -0.316 e. The molecule has 4 heteroatoms. The number of hydrogen-bond acceptors (Lipinski definition) is 2. The Morgan fingerprint density at radius 1 is 1.38 bits per heavy atom. The first-order chi connectivity index (χ1) is 7.88. The van der Waals surface area contributed by atoms with Gasteiger partial charge >= 0.3 is 0 Å². The molecule has 0 aliphatic rings. The molecule has 0 radical (unpaired) electrons. The van der Waals surface area contributed by atoms with Gasteiger partial charge in [-0.1, -0.05) is 48.8 Å². The van der Waals surface area contributed by atoms with Crippen LogP contribution < -0.4 is 5.32 Å². The highest BCUT2D eigenvalue weighted by atomic mass is 15.2. The molecule has 0 aromatic heterocycles. The predicted octanol–water partition coefficient (Wildman–Crippen LogP) is 3.43. The lowest BCUT2D eigenvalue weighted by molar-refractivity contribution is 0.577. The maximum Gasteiger partial charge on any atom is 0.0749 e. The number of azide groups is 1. The molecule has 1 aromatic carbocycles. The summed E-state index contributed by atoms with van der Waals surface area (Å²) in [5.74, 6) is 0. The zero-order valence-corrected chi connectivity index (χ0v) is 9.63. The molecule has 4 nitrogen and oxygen atoms in total. The Hall–Kier alpha value is -1.51. The van der Waals surface area contributed by atoms with Crippen molar-refractivity contribution in [3.05, 3.63) is 46.3 Å². The SMILES string of the molecule is CCCCNCC(N=[N+]=[N-])c1ccccc1. The van der Waals surface area contributed by atoms with E-state index in [-0.39, 0.29) is 6.04 Å². The molecule has 16 heavy (non-hydrogen) atoms. The number of hydrogen-bond donors (Lipinski definition) is 1. The van der Waals surface area contributed by atoms with Crippen LogP contribution >= 0.6 is 0 Å². The van der Waals surface area contributed by atoms with Gasteiger partial charge in [0.1, 0.15) is 0 Å². The third-order valence-electron chi connectivity index (χ3n) is 2.42. The number of nitrogens with one attached hydrogen (secondary N) is 1. The second kappa shape index (κ2) is 7.74.